The first-order valence-electron chi connectivity index (χ1n) is 6.38. The highest BCUT2D eigenvalue weighted by Gasteiger charge is 2.26. The van der Waals surface area contributed by atoms with Crippen LogP contribution in [-0.4, -0.2) is 33.2 Å². The topological polar surface area (TPSA) is 64.2 Å². The lowest BCUT2D eigenvalue weighted by molar-refractivity contribution is -0.119. The Hall–Kier alpha value is -0.590. The van der Waals surface area contributed by atoms with E-state index in [2.05, 4.69) is 25.9 Å². The van der Waals surface area contributed by atoms with Gasteiger partial charge in [0.1, 0.15) is 5.15 Å². The molecule has 106 valence electrons. The minimum absolute atomic E-state index is 0.269. The Morgan fingerprint density at radius 2 is 2.21 bits per heavy atom. The molecular formula is C12H18BrClN4O. The lowest BCUT2D eigenvalue weighted by Crippen LogP contribution is -2.39. The van der Waals surface area contributed by atoms with Gasteiger partial charge in [0.15, 0.2) is 0 Å². The summed E-state index contributed by atoms with van der Waals surface area (Å²) in [5.41, 5.74) is 6.19. The fraction of sp³-hybridized carbons (Fsp3) is 0.667. The summed E-state index contributed by atoms with van der Waals surface area (Å²) >= 11 is 9.54. The minimum atomic E-state index is -0.301. The number of carbonyl (C=O) groups is 1. The molecule has 1 saturated carbocycles. The van der Waals surface area contributed by atoms with Gasteiger partial charge < -0.3 is 5.73 Å². The zero-order valence-electron chi connectivity index (χ0n) is 10.9. The van der Waals surface area contributed by atoms with Crippen LogP contribution < -0.4 is 5.73 Å². The maximum atomic E-state index is 11.2. The summed E-state index contributed by atoms with van der Waals surface area (Å²) in [5.74, 6) is -0.301. The van der Waals surface area contributed by atoms with Crippen molar-refractivity contribution in [3.63, 3.8) is 0 Å². The van der Waals surface area contributed by atoms with Crippen LogP contribution in [0.1, 0.15) is 31.4 Å². The van der Waals surface area contributed by atoms with Gasteiger partial charge in [0.05, 0.1) is 16.7 Å². The molecule has 5 nitrogen and oxygen atoms in total. The van der Waals surface area contributed by atoms with Crippen LogP contribution in [0.25, 0.3) is 0 Å². The number of hydrogen-bond donors (Lipinski definition) is 1. The molecule has 0 atom stereocenters. The van der Waals surface area contributed by atoms with Crippen LogP contribution in [0.4, 0.5) is 0 Å². The van der Waals surface area contributed by atoms with Crippen molar-refractivity contribution in [3.8, 4) is 0 Å². The number of aromatic nitrogens is 2. The molecule has 0 spiro atoms. The van der Waals surface area contributed by atoms with Crippen molar-refractivity contribution in [2.45, 2.75) is 38.3 Å². The van der Waals surface area contributed by atoms with E-state index in [4.69, 9.17) is 17.3 Å². The molecule has 2 N–H and O–H groups in total. The zero-order chi connectivity index (χ0) is 14.0. The summed E-state index contributed by atoms with van der Waals surface area (Å²) < 4.78 is 2.42. The second-order valence-corrected chi connectivity index (χ2v) is 6.14. The van der Waals surface area contributed by atoms with Crippen molar-refractivity contribution in [2.75, 3.05) is 6.54 Å². The van der Waals surface area contributed by atoms with Crippen LogP contribution in [0, 0.1) is 0 Å². The smallest absolute Gasteiger partial charge is 0.231 e. The molecule has 1 aromatic heterocycles. The zero-order valence-corrected chi connectivity index (χ0v) is 13.2. The Morgan fingerprint density at radius 1 is 1.58 bits per heavy atom. The van der Waals surface area contributed by atoms with E-state index in [0.29, 0.717) is 17.7 Å². The lowest BCUT2D eigenvalue weighted by atomic mass is 10.2. The van der Waals surface area contributed by atoms with Crippen molar-refractivity contribution in [2.24, 2.45) is 12.8 Å². The van der Waals surface area contributed by atoms with Crippen LogP contribution >= 0.6 is 27.5 Å². The molecule has 1 fully saturated rings. The Morgan fingerprint density at radius 3 is 2.68 bits per heavy atom. The van der Waals surface area contributed by atoms with Crippen molar-refractivity contribution in [1.82, 2.24) is 14.7 Å². The largest absolute Gasteiger partial charge is 0.369 e. The Kier molecular flexibility index (Phi) is 4.86. The minimum Gasteiger partial charge on any atom is -0.369 e. The third kappa shape index (κ3) is 3.49. The number of primary amides is 1. The van der Waals surface area contributed by atoms with Crippen LogP contribution in [0.15, 0.2) is 4.47 Å². The van der Waals surface area contributed by atoms with E-state index < -0.39 is 0 Å². The molecule has 1 aliphatic rings. The molecule has 1 aliphatic carbocycles. The summed E-state index contributed by atoms with van der Waals surface area (Å²) in [4.78, 5) is 13.3. The first-order valence-corrected chi connectivity index (χ1v) is 7.55. The van der Waals surface area contributed by atoms with Gasteiger partial charge >= 0.3 is 0 Å². The summed E-state index contributed by atoms with van der Waals surface area (Å²) in [6, 6.07) is 0.417. The molecule has 0 aromatic carbocycles. The summed E-state index contributed by atoms with van der Waals surface area (Å²) in [6.07, 6.45) is 4.66. The van der Waals surface area contributed by atoms with Gasteiger partial charge in [-0.3, -0.25) is 14.4 Å². The first kappa shape index (κ1) is 14.8. The van der Waals surface area contributed by atoms with E-state index in [1.54, 1.807) is 11.7 Å². The van der Waals surface area contributed by atoms with E-state index >= 15 is 0 Å². The number of rotatable bonds is 5. The van der Waals surface area contributed by atoms with Crippen LogP contribution in [0.3, 0.4) is 0 Å². The second-order valence-electron chi connectivity index (χ2n) is 4.98. The highest BCUT2D eigenvalue weighted by molar-refractivity contribution is 9.10. The van der Waals surface area contributed by atoms with E-state index in [1.165, 1.54) is 12.8 Å². The van der Waals surface area contributed by atoms with Gasteiger partial charge in [-0.1, -0.05) is 24.4 Å². The summed E-state index contributed by atoms with van der Waals surface area (Å²) in [5, 5.41) is 4.94. The number of hydrogen-bond acceptors (Lipinski definition) is 3. The fourth-order valence-corrected chi connectivity index (χ4v) is 3.22. The number of nitrogens with zero attached hydrogens (tertiary/aromatic N) is 3. The Balaban J connectivity index is 2.14. The average molecular weight is 350 g/mol. The Labute approximate surface area is 126 Å². The van der Waals surface area contributed by atoms with Crippen molar-refractivity contribution >= 4 is 33.4 Å². The van der Waals surface area contributed by atoms with Crippen molar-refractivity contribution in [3.05, 3.63) is 15.3 Å². The highest BCUT2D eigenvalue weighted by atomic mass is 79.9. The van der Waals surface area contributed by atoms with E-state index in [-0.39, 0.29) is 12.5 Å². The summed E-state index contributed by atoms with van der Waals surface area (Å²) in [7, 11) is 1.80. The van der Waals surface area contributed by atoms with Gasteiger partial charge in [-0.05, 0) is 28.8 Å². The number of amides is 1. The SMILES string of the molecule is Cn1nc(CN(CC(N)=O)C2CCCC2)c(Br)c1Cl. The molecule has 19 heavy (non-hydrogen) atoms. The van der Waals surface area contributed by atoms with Gasteiger partial charge in [-0.2, -0.15) is 5.10 Å². The van der Waals surface area contributed by atoms with Gasteiger partial charge in [0, 0.05) is 19.6 Å². The van der Waals surface area contributed by atoms with E-state index in [0.717, 1.165) is 23.0 Å². The predicted octanol–water partition coefficient (Wildman–Crippen LogP) is 2.07. The quantitative estimate of drug-likeness (QED) is 0.885. The van der Waals surface area contributed by atoms with Crippen LogP contribution in [-0.2, 0) is 18.4 Å². The van der Waals surface area contributed by atoms with Crippen LogP contribution in [0.5, 0.6) is 0 Å². The van der Waals surface area contributed by atoms with Crippen LogP contribution in [0.2, 0.25) is 5.15 Å². The van der Waals surface area contributed by atoms with Crippen molar-refractivity contribution in [1.29, 1.82) is 0 Å². The standard InChI is InChI=1S/C12H18BrClN4O/c1-17-12(14)11(13)9(16-17)6-18(7-10(15)19)8-4-2-3-5-8/h8H,2-7H2,1H3,(H2,15,19). The fourth-order valence-electron chi connectivity index (χ4n) is 2.61. The van der Waals surface area contributed by atoms with Crippen molar-refractivity contribution < 1.29 is 4.79 Å². The molecule has 2 rings (SSSR count). The number of halogens is 2. The monoisotopic (exact) mass is 348 g/mol. The molecule has 1 aromatic rings. The molecule has 0 radical (unpaired) electrons. The number of aryl methyl sites for hydroxylation is 1. The molecule has 0 unspecified atom stereocenters. The molecule has 1 heterocycles. The molecule has 0 bridgehead atoms. The molecule has 0 aliphatic heterocycles. The third-order valence-electron chi connectivity index (χ3n) is 3.54. The highest BCUT2D eigenvalue weighted by Crippen LogP contribution is 2.29. The normalized spacial score (nSPS) is 16.4. The second kappa shape index (κ2) is 6.24. The predicted molar refractivity (Wildman–Crippen MR) is 77.8 cm³/mol. The maximum absolute atomic E-state index is 11.2. The Bertz CT molecular complexity index is 471. The molecular weight excluding hydrogens is 332 g/mol. The van der Waals surface area contributed by atoms with Gasteiger partial charge in [-0.15, -0.1) is 0 Å². The molecule has 1 amide bonds. The van der Waals surface area contributed by atoms with E-state index in [1.807, 2.05) is 0 Å². The number of nitrogens with two attached hydrogens (primary N) is 1. The lowest BCUT2D eigenvalue weighted by Gasteiger charge is -2.26. The molecule has 0 saturated heterocycles. The summed E-state index contributed by atoms with van der Waals surface area (Å²) in [6.45, 7) is 0.861. The maximum Gasteiger partial charge on any atom is 0.231 e. The van der Waals surface area contributed by atoms with Gasteiger partial charge in [0.25, 0.3) is 0 Å². The number of carbonyl (C=O) groups excluding carboxylic acids is 1. The molecule has 7 heteroatoms. The third-order valence-corrected chi connectivity index (χ3v) is 5.04. The van der Waals surface area contributed by atoms with E-state index in [9.17, 15) is 4.79 Å². The first-order chi connectivity index (χ1) is 8.99. The van der Waals surface area contributed by atoms with Gasteiger partial charge in [0.2, 0.25) is 5.91 Å². The van der Waals surface area contributed by atoms with Gasteiger partial charge in [-0.25, -0.2) is 0 Å². The average Bonchev–Trinajstić information content (AvgIpc) is 2.94.